The van der Waals surface area contributed by atoms with Gasteiger partial charge in [-0.25, -0.2) is 0 Å². The van der Waals surface area contributed by atoms with Crippen LogP contribution in [0.3, 0.4) is 0 Å². The van der Waals surface area contributed by atoms with Crippen molar-refractivity contribution in [2.24, 2.45) is 11.8 Å². The number of unbranched alkanes of at least 4 members (excludes halogenated alkanes) is 1. The number of rotatable bonds is 8. The van der Waals surface area contributed by atoms with Crippen LogP contribution in [-0.4, -0.2) is 5.97 Å². The summed E-state index contributed by atoms with van der Waals surface area (Å²) in [5, 5.41) is 8.40. The highest BCUT2D eigenvalue weighted by Crippen LogP contribution is 2.32. The van der Waals surface area contributed by atoms with Crippen LogP contribution in [0, 0.1) is 23.2 Å². The molecule has 1 aromatic carbocycles. The summed E-state index contributed by atoms with van der Waals surface area (Å²) >= 11 is 0. The highest BCUT2D eigenvalue weighted by atomic mass is 19.1. The zero-order valence-electron chi connectivity index (χ0n) is 15.5. The first-order valence-electron chi connectivity index (χ1n) is 9.68. The maximum Gasteiger partial charge on any atom is 0.314 e. The normalized spacial score (nSPS) is 20.4. The lowest BCUT2D eigenvalue weighted by Gasteiger charge is -2.26. The second-order valence-corrected chi connectivity index (χ2v) is 7.13. The lowest BCUT2D eigenvalue weighted by Crippen LogP contribution is -2.25. The van der Waals surface area contributed by atoms with E-state index in [1.165, 1.54) is 30.6 Å². The van der Waals surface area contributed by atoms with E-state index in [0.29, 0.717) is 18.1 Å². The van der Waals surface area contributed by atoms with Crippen molar-refractivity contribution in [1.82, 2.24) is 0 Å². The van der Waals surface area contributed by atoms with Crippen LogP contribution in [0.2, 0.25) is 0 Å². The molecule has 140 valence electrons. The molecule has 0 aliphatic heterocycles. The maximum atomic E-state index is 12.8. The van der Waals surface area contributed by atoms with Gasteiger partial charge in [0, 0.05) is 0 Å². The molecule has 0 spiro atoms. The van der Waals surface area contributed by atoms with Crippen molar-refractivity contribution in [2.75, 3.05) is 0 Å². The lowest BCUT2D eigenvalue weighted by atomic mass is 9.80. The molecule has 0 heterocycles. The Morgan fingerprint density at radius 2 is 1.96 bits per heavy atom. The Balaban J connectivity index is 1.73. The van der Waals surface area contributed by atoms with E-state index < -0.39 is 5.83 Å². The molecule has 0 amide bonds. The Hall–Kier alpha value is -2.15. The van der Waals surface area contributed by atoms with Crippen molar-refractivity contribution in [3.63, 3.8) is 0 Å². The quantitative estimate of drug-likeness (QED) is 0.331. The number of esters is 1. The first-order chi connectivity index (χ1) is 12.6. The molecule has 0 unspecified atom stereocenters. The molecule has 26 heavy (non-hydrogen) atoms. The van der Waals surface area contributed by atoms with Crippen LogP contribution >= 0.6 is 0 Å². The summed E-state index contributed by atoms with van der Waals surface area (Å²) in [4.78, 5) is 12.4. The predicted molar refractivity (Wildman–Crippen MR) is 100 cm³/mol. The summed E-state index contributed by atoms with van der Waals surface area (Å²) in [6.07, 6.45) is 9.76. The van der Waals surface area contributed by atoms with Crippen LogP contribution in [0.15, 0.2) is 36.2 Å². The molecule has 3 nitrogen and oxygen atoms in total. The SMILES string of the molecule is CCCCc1ccc(OC(=O)C2CCC(CCC=C(F)C#N)CC2)cc1. The Labute approximate surface area is 155 Å². The lowest BCUT2D eigenvalue weighted by molar-refractivity contribution is -0.140. The molecule has 1 aliphatic rings. The van der Waals surface area contributed by atoms with Gasteiger partial charge in [0.2, 0.25) is 0 Å². The summed E-state index contributed by atoms with van der Waals surface area (Å²) in [5.74, 6) is 0.231. The van der Waals surface area contributed by atoms with E-state index in [1.807, 2.05) is 24.3 Å². The summed E-state index contributed by atoms with van der Waals surface area (Å²) in [6.45, 7) is 2.17. The number of ether oxygens (including phenoxy) is 1. The van der Waals surface area contributed by atoms with E-state index in [0.717, 1.165) is 38.5 Å². The third kappa shape index (κ3) is 6.63. The van der Waals surface area contributed by atoms with Crippen LogP contribution < -0.4 is 4.74 Å². The zero-order valence-corrected chi connectivity index (χ0v) is 15.5. The summed E-state index contributed by atoms with van der Waals surface area (Å²) < 4.78 is 18.3. The number of halogens is 1. The molecule has 1 fully saturated rings. The van der Waals surface area contributed by atoms with E-state index >= 15 is 0 Å². The molecular weight excluding hydrogens is 329 g/mol. The van der Waals surface area contributed by atoms with Gasteiger partial charge in [-0.15, -0.1) is 0 Å². The number of nitrogens with zero attached hydrogens (tertiary/aromatic N) is 1. The van der Waals surface area contributed by atoms with E-state index in [2.05, 4.69) is 6.92 Å². The Kier molecular flexibility index (Phi) is 8.34. The van der Waals surface area contributed by atoms with Crippen LogP contribution in [0.25, 0.3) is 0 Å². The van der Waals surface area contributed by atoms with Gasteiger partial charge in [0.05, 0.1) is 5.92 Å². The monoisotopic (exact) mass is 357 g/mol. The van der Waals surface area contributed by atoms with Crippen LogP contribution in [0.4, 0.5) is 4.39 Å². The van der Waals surface area contributed by atoms with E-state index in [1.54, 1.807) is 0 Å². The summed E-state index contributed by atoms with van der Waals surface area (Å²) in [6, 6.07) is 9.32. The van der Waals surface area contributed by atoms with Crippen molar-refractivity contribution in [3.05, 3.63) is 41.7 Å². The van der Waals surface area contributed by atoms with Gasteiger partial charge in [0.1, 0.15) is 11.8 Å². The fourth-order valence-electron chi connectivity index (χ4n) is 3.48. The molecule has 1 saturated carbocycles. The molecule has 0 aromatic heterocycles. The standard InChI is InChI=1S/C22H28FNO2/c1-2-3-5-17-10-14-21(15-11-17)26-22(25)19-12-8-18(9-13-19)6-4-7-20(23)16-24/h7,10-11,14-15,18-19H,2-6,8-9,12-13H2,1H3. The smallest absolute Gasteiger partial charge is 0.314 e. The number of aryl methyl sites for hydroxylation is 1. The Bertz CT molecular complexity index is 637. The minimum Gasteiger partial charge on any atom is -0.426 e. The zero-order chi connectivity index (χ0) is 18.8. The average Bonchev–Trinajstić information content (AvgIpc) is 2.67. The number of carbonyl (C=O) groups is 1. The molecule has 0 N–H and O–H groups in total. The number of benzene rings is 1. The number of hydrogen-bond acceptors (Lipinski definition) is 3. The van der Waals surface area contributed by atoms with Gasteiger partial charge in [0.25, 0.3) is 0 Å². The Morgan fingerprint density at radius 1 is 1.27 bits per heavy atom. The molecule has 0 saturated heterocycles. The van der Waals surface area contributed by atoms with Gasteiger partial charge < -0.3 is 4.74 Å². The first kappa shape index (κ1) is 20.2. The number of hydrogen-bond donors (Lipinski definition) is 0. The summed E-state index contributed by atoms with van der Waals surface area (Å²) in [7, 11) is 0. The van der Waals surface area contributed by atoms with E-state index in [-0.39, 0.29) is 11.9 Å². The third-order valence-electron chi connectivity index (χ3n) is 5.15. The molecule has 4 heteroatoms. The molecule has 0 atom stereocenters. The number of carbonyl (C=O) groups excluding carboxylic acids is 1. The molecule has 1 aromatic rings. The van der Waals surface area contributed by atoms with Gasteiger partial charge in [0.15, 0.2) is 5.83 Å². The van der Waals surface area contributed by atoms with Crippen molar-refractivity contribution in [3.8, 4) is 11.8 Å². The second kappa shape index (κ2) is 10.8. The van der Waals surface area contributed by atoms with Gasteiger partial charge in [-0.3, -0.25) is 4.79 Å². The highest BCUT2D eigenvalue weighted by Gasteiger charge is 2.27. The largest absolute Gasteiger partial charge is 0.426 e. The number of allylic oxidation sites excluding steroid dienone is 2. The maximum absolute atomic E-state index is 12.8. The van der Waals surface area contributed by atoms with Gasteiger partial charge in [-0.05, 0) is 81.1 Å². The molecule has 0 radical (unpaired) electrons. The van der Waals surface area contributed by atoms with Crippen LogP contribution in [-0.2, 0) is 11.2 Å². The molecule has 2 rings (SSSR count). The predicted octanol–water partition coefficient (Wildman–Crippen LogP) is 5.90. The third-order valence-corrected chi connectivity index (χ3v) is 5.15. The van der Waals surface area contributed by atoms with Crippen LogP contribution in [0.5, 0.6) is 5.75 Å². The van der Waals surface area contributed by atoms with Gasteiger partial charge in [-0.1, -0.05) is 25.5 Å². The van der Waals surface area contributed by atoms with Crippen molar-refractivity contribution in [1.29, 1.82) is 5.26 Å². The number of nitriles is 1. The first-order valence-corrected chi connectivity index (χ1v) is 9.68. The fourth-order valence-corrected chi connectivity index (χ4v) is 3.48. The average molecular weight is 357 g/mol. The second-order valence-electron chi connectivity index (χ2n) is 7.13. The molecule has 1 aliphatic carbocycles. The van der Waals surface area contributed by atoms with Crippen LogP contribution in [0.1, 0.15) is 63.9 Å². The topological polar surface area (TPSA) is 50.1 Å². The minimum absolute atomic E-state index is 0.0441. The van der Waals surface area contributed by atoms with E-state index in [4.69, 9.17) is 10.00 Å². The minimum atomic E-state index is -0.706. The van der Waals surface area contributed by atoms with Crippen molar-refractivity contribution < 1.29 is 13.9 Å². The van der Waals surface area contributed by atoms with Gasteiger partial charge >= 0.3 is 5.97 Å². The van der Waals surface area contributed by atoms with Gasteiger partial charge in [-0.2, -0.15) is 9.65 Å². The molecule has 0 bridgehead atoms. The van der Waals surface area contributed by atoms with E-state index in [9.17, 15) is 9.18 Å². The van der Waals surface area contributed by atoms with Crippen molar-refractivity contribution in [2.45, 2.75) is 64.7 Å². The summed E-state index contributed by atoms with van der Waals surface area (Å²) in [5.41, 5.74) is 1.27. The highest BCUT2D eigenvalue weighted by molar-refractivity contribution is 5.75. The molecular formula is C22H28FNO2. The Morgan fingerprint density at radius 3 is 2.58 bits per heavy atom. The fraction of sp³-hybridized carbons (Fsp3) is 0.545. The van der Waals surface area contributed by atoms with Crippen molar-refractivity contribution >= 4 is 5.97 Å².